The lowest BCUT2D eigenvalue weighted by Crippen LogP contribution is -2.46. The normalized spacial score (nSPS) is 13.8. The third-order valence-corrected chi connectivity index (χ3v) is 5.88. The van der Waals surface area contributed by atoms with Gasteiger partial charge in [0.05, 0.1) is 11.5 Å². The van der Waals surface area contributed by atoms with Crippen LogP contribution in [0.4, 0.5) is 0 Å². The summed E-state index contributed by atoms with van der Waals surface area (Å²) in [6.07, 6.45) is -1.65. The Hall–Kier alpha value is -1.64. The van der Waals surface area contributed by atoms with Crippen molar-refractivity contribution in [2.45, 2.75) is 30.9 Å². The fourth-order valence-electron chi connectivity index (χ4n) is 2.39. The Morgan fingerprint density at radius 3 is 2.22 bits per heavy atom. The van der Waals surface area contributed by atoms with E-state index in [4.69, 9.17) is 27.9 Å². The van der Waals surface area contributed by atoms with Crippen molar-refractivity contribution >= 4 is 39.2 Å². The van der Waals surface area contributed by atoms with E-state index in [0.717, 1.165) is 5.56 Å². The summed E-state index contributed by atoms with van der Waals surface area (Å²) >= 11 is 12.2. The van der Waals surface area contributed by atoms with E-state index >= 15 is 0 Å². The first-order valence-corrected chi connectivity index (χ1v) is 10.3. The minimum Gasteiger partial charge on any atom is -0.465 e. The molecule has 0 amide bonds. The molecule has 0 aliphatic rings. The lowest BCUT2D eigenvalue weighted by molar-refractivity contribution is -0.148. The van der Waals surface area contributed by atoms with Gasteiger partial charge in [0.2, 0.25) is 10.0 Å². The average molecular weight is 432 g/mol. The first-order chi connectivity index (χ1) is 12.7. The van der Waals surface area contributed by atoms with Gasteiger partial charge in [-0.05, 0) is 38.1 Å². The van der Waals surface area contributed by atoms with Crippen LogP contribution < -0.4 is 4.72 Å². The zero-order valence-corrected chi connectivity index (χ0v) is 17.0. The van der Waals surface area contributed by atoms with E-state index in [1.54, 1.807) is 25.1 Å². The average Bonchev–Trinajstić information content (AvgIpc) is 2.60. The molecule has 146 valence electrons. The fourth-order valence-corrected chi connectivity index (χ4v) is 4.20. The Balaban J connectivity index is 2.43. The fraction of sp³-hybridized carbons (Fsp3) is 0.278. The number of nitrogens with one attached hydrogen (secondary N) is 1. The molecular formula is C18H19Cl2NO5S. The van der Waals surface area contributed by atoms with Crippen LogP contribution in [0, 0.1) is 6.92 Å². The third kappa shape index (κ3) is 5.21. The molecule has 0 bridgehead atoms. The van der Waals surface area contributed by atoms with Crippen LogP contribution in [0.1, 0.15) is 24.2 Å². The van der Waals surface area contributed by atoms with Gasteiger partial charge in [0, 0.05) is 15.6 Å². The van der Waals surface area contributed by atoms with Gasteiger partial charge in [0.1, 0.15) is 12.1 Å². The number of ether oxygens (including phenoxy) is 1. The molecule has 6 nitrogen and oxygen atoms in total. The number of aliphatic hydroxyl groups is 1. The van der Waals surface area contributed by atoms with Gasteiger partial charge in [-0.25, -0.2) is 8.42 Å². The number of hydrogen-bond donors (Lipinski definition) is 2. The van der Waals surface area contributed by atoms with E-state index in [0.29, 0.717) is 0 Å². The predicted octanol–water partition coefficient (Wildman–Crippen LogP) is 3.25. The summed E-state index contributed by atoms with van der Waals surface area (Å²) in [7, 11) is -4.12. The number of esters is 1. The molecule has 0 radical (unpaired) electrons. The van der Waals surface area contributed by atoms with E-state index in [2.05, 4.69) is 4.72 Å². The summed E-state index contributed by atoms with van der Waals surface area (Å²) in [5.74, 6) is -0.948. The molecule has 0 heterocycles. The Morgan fingerprint density at radius 1 is 1.15 bits per heavy atom. The van der Waals surface area contributed by atoms with Gasteiger partial charge in [0.25, 0.3) is 0 Å². The van der Waals surface area contributed by atoms with Crippen LogP contribution >= 0.6 is 23.2 Å². The van der Waals surface area contributed by atoms with Gasteiger partial charge >= 0.3 is 5.97 Å². The van der Waals surface area contributed by atoms with E-state index < -0.39 is 28.1 Å². The zero-order chi connectivity index (χ0) is 20.2. The van der Waals surface area contributed by atoms with E-state index in [9.17, 15) is 18.3 Å². The van der Waals surface area contributed by atoms with Gasteiger partial charge < -0.3 is 9.84 Å². The maximum atomic E-state index is 12.7. The number of carbonyl (C=O) groups excluding carboxylic acids is 1. The molecular weight excluding hydrogens is 413 g/mol. The van der Waals surface area contributed by atoms with Crippen LogP contribution in [0.3, 0.4) is 0 Å². The Morgan fingerprint density at radius 2 is 1.70 bits per heavy atom. The minimum absolute atomic E-state index is 0.00453. The van der Waals surface area contributed by atoms with Crippen molar-refractivity contribution in [1.29, 1.82) is 0 Å². The summed E-state index contributed by atoms with van der Waals surface area (Å²) in [6.45, 7) is 3.39. The molecule has 0 aliphatic carbocycles. The Labute approximate surface area is 168 Å². The van der Waals surface area contributed by atoms with Crippen molar-refractivity contribution in [2.75, 3.05) is 6.61 Å². The second-order valence-electron chi connectivity index (χ2n) is 5.74. The SMILES string of the molecule is CCOC(=O)[C@H](NS(=O)(=O)c1ccc(C)cc1)[C@@H](O)c1c(Cl)cccc1Cl. The molecule has 0 unspecified atom stereocenters. The summed E-state index contributed by atoms with van der Waals surface area (Å²) in [5.41, 5.74) is 0.907. The molecule has 9 heteroatoms. The van der Waals surface area contributed by atoms with Gasteiger partial charge in [-0.15, -0.1) is 0 Å². The summed E-state index contributed by atoms with van der Waals surface area (Å²) < 4.78 is 32.5. The minimum atomic E-state index is -4.12. The van der Waals surface area contributed by atoms with Gasteiger partial charge in [-0.3, -0.25) is 4.79 Å². The third-order valence-electron chi connectivity index (χ3n) is 3.77. The largest absolute Gasteiger partial charge is 0.465 e. The predicted molar refractivity (Wildman–Crippen MR) is 103 cm³/mol. The molecule has 27 heavy (non-hydrogen) atoms. The molecule has 2 atom stereocenters. The van der Waals surface area contributed by atoms with Crippen molar-refractivity contribution in [3.8, 4) is 0 Å². The van der Waals surface area contributed by atoms with Crippen molar-refractivity contribution in [3.05, 3.63) is 63.6 Å². The molecule has 0 spiro atoms. The van der Waals surface area contributed by atoms with Gasteiger partial charge in [-0.2, -0.15) is 4.72 Å². The van der Waals surface area contributed by atoms with Crippen molar-refractivity contribution in [2.24, 2.45) is 0 Å². The van der Waals surface area contributed by atoms with Crippen molar-refractivity contribution < 1.29 is 23.1 Å². The van der Waals surface area contributed by atoms with Crippen LogP contribution in [-0.4, -0.2) is 32.1 Å². The van der Waals surface area contributed by atoms with Crippen LogP contribution in [0.2, 0.25) is 10.0 Å². The van der Waals surface area contributed by atoms with E-state index in [1.165, 1.54) is 24.3 Å². The highest BCUT2D eigenvalue weighted by molar-refractivity contribution is 7.89. The Kier molecular flexibility index (Phi) is 7.25. The standard InChI is InChI=1S/C18H19Cl2NO5S/c1-3-26-18(23)16(17(22)15-13(19)5-4-6-14(15)20)21-27(24,25)12-9-7-11(2)8-10-12/h4-10,16-17,21-22H,3H2,1-2H3/t16-,17+/m1/s1. The highest BCUT2D eigenvalue weighted by atomic mass is 35.5. The van der Waals surface area contributed by atoms with Crippen LogP contribution in [0.5, 0.6) is 0 Å². The second kappa shape index (κ2) is 9.03. The topological polar surface area (TPSA) is 92.7 Å². The lowest BCUT2D eigenvalue weighted by atomic mass is 10.0. The lowest BCUT2D eigenvalue weighted by Gasteiger charge is -2.24. The molecule has 2 rings (SSSR count). The van der Waals surface area contributed by atoms with Crippen LogP contribution in [0.25, 0.3) is 0 Å². The molecule has 2 N–H and O–H groups in total. The highest BCUT2D eigenvalue weighted by Gasteiger charge is 2.36. The monoisotopic (exact) mass is 431 g/mol. The molecule has 0 aliphatic heterocycles. The highest BCUT2D eigenvalue weighted by Crippen LogP contribution is 2.32. The first-order valence-electron chi connectivity index (χ1n) is 8.05. The van der Waals surface area contributed by atoms with E-state index in [1.807, 2.05) is 6.92 Å². The van der Waals surface area contributed by atoms with Crippen molar-refractivity contribution in [1.82, 2.24) is 4.72 Å². The number of halogens is 2. The molecule has 0 aromatic heterocycles. The number of rotatable bonds is 7. The molecule has 0 fully saturated rings. The van der Waals surface area contributed by atoms with E-state index in [-0.39, 0.29) is 27.1 Å². The van der Waals surface area contributed by atoms with Gasteiger partial charge in [-0.1, -0.05) is 47.0 Å². The molecule has 0 saturated carbocycles. The molecule has 2 aromatic rings. The van der Waals surface area contributed by atoms with Crippen LogP contribution in [-0.2, 0) is 19.6 Å². The summed E-state index contributed by atoms with van der Waals surface area (Å²) in [5, 5.41) is 10.9. The quantitative estimate of drug-likeness (QED) is 0.656. The number of carbonyl (C=O) groups is 1. The number of sulfonamides is 1. The molecule has 0 saturated heterocycles. The number of aliphatic hydroxyl groups excluding tert-OH is 1. The maximum absolute atomic E-state index is 12.7. The summed E-state index contributed by atoms with van der Waals surface area (Å²) in [4.78, 5) is 12.3. The molecule has 2 aromatic carbocycles. The van der Waals surface area contributed by atoms with Crippen molar-refractivity contribution in [3.63, 3.8) is 0 Å². The zero-order valence-electron chi connectivity index (χ0n) is 14.6. The number of hydrogen-bond acceptors (Lipinski definition) is 5. The van der Waals surface area contributed by atoms with Crippen LogP contribution in [0.15, 0.2) is 47.4 Å². The number of aryl methyl sites for hydroxylation is 1. The van der Waals surface area contributed by atoms with Gasteiger partial charge in [0.15, 0.2) is 0 Å². The summed E-state index contributed by atoms with van der Waals surface area (Å²) in [6, 6.07) is 8.92. The Bertz CT molecular complexity index is 896. The number of benzene rings is 2. The second-order valence-corrected chi connectivity index (χ2v) is 8.27. The smallest absolute Gasteiger partial charge is 0.327 e. The maximum Gasteiger partial charge on any atom is 0.327 e. The first kappa shape index (κ1) is 21.7.